The zero-order valence-electron chi connectivity index (χ0n) is 8.72. The Morgan fingerprint density at radius 2 is 2.00 bits per heavy atom. The highest BCUT2D eigenvalue weighted by Gasteiger charge is 2.08. The van der Waals surface area contributed by atoms with Crippen LogP contribution < -0.4 is 0 Å². The Hall–Kier alpha value is -0.160. The molecule has 1 aromatic carbocycles. The molecule has 1 nitrogen and oxygen atoms in total. The Morgan fingerprint density at radius 3 is 2.50 bits per heavy atom. The Kier molecular flexibility index (Phi) is 4.31. The lowest BCUT2D eigenvalue weighted by molar-refractivity contribution is 0.382. The van der Waals surface area contributed by atoms with E-state index in [9.17, 15) is 4.39 Å². The normalized spacial score (nSPS) is 13.3. The number of hydrogen-bond donors (Lipinski definition) is 0. The first-order valence-electron chi connectivity index (χ1n) is 4.59. The molecule has 78 valence electrons. The molecule has 0 radical (unpaired) electrons. The zero-order chi connectivity index (χ0) is 10.7. The van der Waals surface area contributed by atoms with E-state index in [0.29, 0.717) is 5.92 Å². The number of rotatable bonds is 3. The Balaban J connectivity index is 2.84. The van der Waals surface area contributed by atoms with Gasteiger partial charge in [-0.3, -0.25) is 0 Å². The van der Waals surface area contributed by atoms with E-state index in [2.05, 4.69) is 34.4 Å². The molecule has 0 aromatic heterocycles. The third-order valence-corrected chi connectivity index (χ3v) is 2.72. The van der Waals surface area contributed by atoms with Crippen LogP contribution in [0.4, 0.5) is 4.39 Å². The lowest BCUT2D eigenvalue weighted by Gasteiger charge is -2.17. The standard InChI is InChI=1S/C11H15FIN/c1-8(7-14(2)3)9-4-10(12)6-11(13)5-9/h4-6,8H,7H2,1-3H3. The van der Waals surface area contributed by atoms with Gasteiger partial charge in [0.05, 0.1) is 0 Å². The molecule has 0 heterocycles. The molecule has 1 rings (SSSR count). The quantitative estimate of drug-likeness (QED) is 0.776. The molecule has 0 saturated carbocycles. The van der Waals surface area contributed by atoms with Crippen LogP contribution >= 0.6 is 22.6 Å². The van der Waals surface area contributed by atoms with Gasteiger partial charge in [0, 0.05) is 10.1 Å². The molecule has 0 bridgehead atoms. The molecule has 0 aliphatic rings. The fourth-order valence-corrected chi connectivity index (χ4v) is 2.17. The summed E-state index contributed by atoms with van der Waals surface area (Å²) in [6, 6.07) is 5.21. The summed E-state index contributed by atoms with van der Waals surface area (Å²) < 4.78 is 14.1. The minimum absolute atomic E-state index is 0.141. The first-order chi connectivity index (χ1) is 6.49. The first-order valence-corrected chi connectivity index (χ1v) is 5.67. The number of halogens is 2. The van der Waals surface area contributed by atoms with Crippen molar-refractivity contribution in [2.45, 2.75) is 12.8 Å². The van der Waals surface area contributed by atoms with E-state index in [1.807, 2.05) is 20.2 Å². The van der Waals surface area contributed by atoms with Gasteiger partial charge in [-0.1, -0.05) is 6.92 Å². The minimum Gasteiger partial charge on any atom is -0.309 e. The number of likely N-dealkylation sites (N-methyl/N-ethyl adjacent to an activating group) is 1. The predicted molar refractivity (Wildman–Crippen MR) is 66.1 cm³/mol. The Morgan fingerprint density at radius 1 is 1.36 bits per heavy atom. The van der Waals surface area contributed by atoms with Crippen molar-refractivity contribution in [2.24, 2.45) is 0 Å². The fraction of sp³-hybridized carbons (Fsp3) is 0.455. The summed E-state index contributed by atoms with van der Waals surface area (Å²) in [6.07, 6.45) is 0. The van der Waals surface area contributed by atoms with Gasteiger partial charge in [0.1, 0.15) is 5.82 Å². The SMILES string of the molecule is CC(CN(C)C)c1cc(F)cc(I)c1. The second-order valence-corrected chi connectivity index (χ2v) is 5.11. The molecule has 14 heavy (non-hydrogen) atoms. The predicted octanol–water partition coefficient (Wildman–Crippen LogP) is 3.10. The van der Waals surface area contributed by atoms with Gasteiger partial charge in [-0.05, 0) is 66.4 Å². The lowest BCUT2D eigenvalue weighted by atomic mass is 10.0. The number of nitrogens with zero attached hydrogens (tertiary/aromatic N) is 1. The maximum absolute atomic E-state index is 13.1. The second kappa shape index (κ2) is 5.07. The number of hydrogen-bond acceptors (Lipinski definition) is 1. The Bertz CT molecular complexity index is 292. The summed E-state index contributed by atoms with van der Waals surface area (Å²) in [6.45, 7) is 3.06. The smallest absolute Gasteiger partial charge is 0.124 e. The van der Waals surface area contributed by atoms with E-state index in [-0.39, 0.29) is 5.82 Å². The van der Waals surface area contributed by atoms with Gasteiger partial charge in [-0.25, -0.2) is 4.39 Å². The van der Waals surface area contributed by atoms with Gasteiger partial charge in [-0.15, -0.1) is 0 Å². The highest BCUT2D eigenvalue weighted by Crippen LogP contribution is 2.19. The van der Waals surface area contributed by atoms with Crippen LogP contribution in [0.15, 0.2) is 18.2 Å². The summed E-state index contributed by atoms with van der Waals surface area (Å²) in [5.74, 6) is 0.228. The van der Waals surface area contributed by atoms with Crippen molar-refractivity contribution in [3.05, 3.63) is 33.1 Å². The molecular formula is C11H15FIN. The highest BCUT2D eigenvalue weighted by molar-refractivity contribution is 14.1. The van der Waals surface area contributed by atoms with Crippen LogP contribution in [0.25, 0.3) is 0 Å². The van der Waals surface area contributed by atoms with E-state index in [4.69, 9.17) is 0 Å². The average molecular weight is 307 g/mol. The van der Waals surface area contributed by atoms with Crippen LogP contribution in [0.3, 0.4) is 0 Å². The molecule has 0 aliphatic heterocycles. The highest BCUT2D eigenvalue weighted by atomic mass is 127. The van der Waals surface area contributed by atoms with Crippen molar-refractivity contribution in [1.29, 1.82) is 0 Å². The second-order valence-electron chi connectivity index (χ2n) is 3.87. The topological polar surface area (TPSA) is 3.24 Å². The van der Waals surface area contributed by atoms with Crippen LogP contribution in [-0.2, 0) is 0 Å². The van der Waals surface area contributed by atoms with Crippen molar-refractivity contribution >= 4 is 22.6 Å². The van der Waals surface area contributed by atoms with Gasteiger partial charge in [0.2, 0.25) is 0 Å². The van der Waals surface area contributed by atoms with Crippen LogP contribution in [0, 0.1) is 9.39 Å². The van der Waals surface area contributed by atoms with Crippen molar-refractivity contribution in [3.63, 3.8) is 0 Å². The summed E-state index contributed by atoms with van der Waals surface area (Å²) in [5, 5.41) is 0. The number of benzene rings is 1. The summed E-state index contributed by atoms with van der Waals surface area (Å²) >= 11 is 2.14. The monoisotopic (exact) mass is 307 g/mol. The molecular weight excluding hydrogens is 292 g/mol. The van der Waals surface area contributed by atoms with E-state index in [1.165, 1.54) is 0 Å². The molecule has 0 N–H and O–H groups in total. The van der Waals surface area contributed by atoms with Gasteiger partial charge in [-0.2, -0.15) is 0 Å². The van der Waals surface area contributed by atoms with Gasteiger partial charge in [0.25, 0.3) is 0 Å². The van der Waals surface area contributed by atoms with E-state index >= 15 is 0 Å². The van der Waals surface area contributed by atoms with Crippen LogP contribution in [-0.4, -0.2) is 25.5 Å². The summed E-state index contributed by atoms with van der Waals surface area (Å²) in [4.78, 5) is 2.11. The molecule has 0 fully saturated rings. The van der Waals surface area contributed by atoms with E-state index in [0.717, 1.165) is 15.7 Å². The van der Waals surface area contributed by atoms with Gasteiger partial charge < -0.3 is 4.90 Å². The van der Waals surface area contributed by atoms with E-state index < -0.39 is 0 Å². The maximum Gasteiger partial charge on any atom is 0.124 e. The van der Waals surface area contributed by atoms with Gasteiger partial charge >= 0.3 is 0 Å². The average Bonchev–Trinajstić information content (AvgIpc) is 2.00. The van der Waals surface area contributed by atoms with Crippen molar-refractivity contribution in [2.75, 3.05) is 20.6 Å². The van der Waals surface area contributed by atoms with Gasteiger partial charge in [0.15, 0.2) is 0 Å². The summed E-state index contributed by atoms with van der Waals surface area (Å²) in [5.41, 5.74) is 1.07. The van der Waals surface area contributed by atoms with E-state index in [1.54, 1.807) is 12.1 Å². The third kappa shape index (κ3) is 3.53. The molecule has 1 atom stereocenters. The minimum atomic E-state index is -0.141. The molecule has 3 heteroatoms. The van der Waals surface area contributed by atoms with Crippen molar-refractivity contribution in [3.8, 4) is 0 Å². The zero-order valence-corrected chi connectivity index (χ0v) is 10.9. The van der Waals surface area contributed by atoms with Crippen molar-refractivity contribution < 1.29 is 4.39 Å². The first kappa shape index (κ1) is 11.9. The third-order valence-electron chi connectivity index (χ3n) is 2.09. The molecule has 1 unspecified atom stereocenters. The largest absolute Gasteiger partial charge is 0.309 e. The molecule has 0 amide bonds. The molecule has 1 aromatic rings. The van der Waals surface area contributed by atoms with Crippen molar-refractivity contribution in [1.82, 2.24) is 4.90 Å². The van der Waals surface area contributed by atoms with Crippen LogP contribution in [0.1, 0.15) is 18.4 Å². The summed E-state index contributed by atoms with van der Waals surface area (Å²) in [7, 11) is 4.06. The fourth-order valence-electron chi connectivity index (χ4n) is 1.51. The lowest BCUT2D eigenvalue weighted by Crippen LogP contribution is -2.18. The van der Waals surface area contributed by atoms with Crippen LogP contribution in [0.2, 0.25) is 0 Å². The molecule has 0 aliphatic carbocycles. The van der Waals surface area contributed by atoms with Crippen LogP contribution in [0.5, 0.6) is 0 Å². The molecule has 0 spiro atoms. The molecule has 0 saturated heterocycles. The Labute approximate surface area is 98.4 Å². The maximum atomic E-state index is 13.1.